The molecule has 5 aromatic rings. The number of rotatable bonds is 6. The molecule has 3 aromatic heterocycles. The van der Waals surface area contributed by atoms with Crippen molar-refractivity contribution in [2.75, 3.05) is 0 Å². The Morgan fingerprint density at radius 3 is 1.91 bits per heavy atom. The zero-order chi connectivity index (χ0) is 23.3. The maximum Gasteiger partial charge on any atom is 0.0897 e. The van der Waals surface area contributed by atoms with Crippen molar-refractivity contribution in [3.63, 3.8) is 0 Å². The number of pyridine rings is 3. The molecular formula is C31H27N3. The van der Waals surface area contributed by atoms with E-state index in [2.05, 4.69) is 109 Å². The van der Waals surface area contributed by atoms with Gasteiger partial charge in [-0.2, -0.15) is 0 Å². The number of hydrogen-bond acceptors (Lipinski definition) is 3. The van der Waals surface area contributed by atoms with Crippen LogP contribution in [0.1, 0.15) is 36.1 Å². The van der Waals surface area contributed by atoms with E-state index >= 15 is 0 Å². The predicted octanol–water partition coefficient (Wildman–Crippen LogP) is 7.65. The molecular weight excluding hydrogens is 414 g/mol. The molecule has 0 radical (unpaired) electrons. The molecule has 2 aromatic carbocycles. The van der Waals surface area contributed by atoms with Gasteiger partial charge in [-0.3, -0.25) is 9.97 Å². The van der Waals surface area contributed by atoms with Gasteiger partial charge in [0.15, 0.2) is 0 Å². The molecule has 3 heteroatoms. The summed E-state index contributed by atoms with van der Waals surface area (Å²) in [4.78, 5) is 14.2. The number of hydrogen-bond donors (Lipinski definition) is 0. The first-order valence-electron chi connectivity index (χ1n) is 11.8. The highest BCUT2D eigenvalue weighted by atomic mass is 14.8. The summed E-state index contributed by atoms with van der Waals surface area (Å²) in [7, 11) is 0. The Kier molecular flexibility index (Phi) is 6.26. The van der Waals surface area contributed by atoms with Crippen LogP contribution in [-0.4, -0.2) is 15.0 Å². The van der Waals surface area contributed by atoms with Crippen LogP contribution in [0.5, 0.6) is 0 Å². The number of nitrogens with zero attached hydrogens (tertiary/aromatic N) is 3. The Morgan fingerprint density at radius 2 is 1.18 bits per heavy atom. The van der Waals surface area contributed by atoms with Crippen LogP contribution >= 0.6 is 0 Å². The monoisotopic (exact) mass is 441 g/mol. The molecule has 0 aliphatic heterocycles. The zero-order valence-corrected chi connectivity index (χ0v) is 19.6. The third-order valence-corrected chi connectivity index (χ3v) is 6.08. The van der Waals surface area contributed by atoms with Gasteiger partial charge in [0.05, 0.1) is 22.8 Å². The van der Waals surface area contributed by atoms with Gasteiger partial charge in [0.2, 0.25) is 0 Å². The second kappa shape index (κ2) is 9.80. The topological polar surface area (TPSA) is 38.7 Å². The molecule has 0 saturated heterocycles. The van der Waals surface area contributed by atoms with Crippen molar-refractivity contribution in [3.05, 3.63) is 114 Å². The van der Waals surface area contributed by atoms with E-state index < -0.39 is 0 Å². The number of aryl methyl sites for hydroxylation is 2. The Bertz CT molecular complexity index is 1480. The summed E-state index contributed by atoms with van der Waals surface area (Å²) in [5.41, 5.74) is 8.29. The molecule has 0 N–H and O–H groups in total. The molecule has 166 valence electrons. The van der Waals surface area contributed by atoms with Gasteiger partial charge in [-0.15, -0.1) is 0 Å². The van der Waals surface area contributed by atoms with Crippen LogP contribution in [0, 0.1) is 0 Å². The first-order chi connectivity index (χ1) is 16.7. The summed E-state index contributed by atoms with van der Waals surface area (Å²) >= 11 is 0. The van der Waals surface area contributed by atoms with Crippen molar-refractivity contribution in [2.24, 2.45) is 0 Å². The first-order valence-corrected chi connectivity index (χ1v) is 11.8. The van der Waals surface area contributed by atoms with E-state index in [0.29, 0.717) is 0 Å². The van der Waals surface area contributed by atoms with Gasteiger partial charge in [0, 0.05) is 12.4 Å². The van der Waals surface area contributed by atoms with Gasteiger partial charge in [-0.25, -0.2) is 4.98 Å². The quantitative estimate of drug-likeness (QED) is 0.271. The van der Waals surface area contributed by atoms with Crippen LogP contribution < -0.4 is 0 Å². The molecule has 0 bridgehead atoms. The maximum atomic E-state index is 4.94. The van der Waals surface area contributed by atoms with Gasteiger partial charge in [-0.1, -0.05) is 62.4 Å². The summed E-state index contributed by atoms with van der Waals surface area (Å²) in [6.45, 7) is 4.32. The van der Waals surface area contributed by atoms with Crippen LogP contribution in [0.3, 0.4) is 0 Å². The highest BCUT2D eigenvalue weighted by Gasteiger charge is 2.09. The van der Waals surface area contributed by atoms with E-state index in [-0.39, 0.29) is 0 Å². The molecule has 0 amide bonds. The van der Waals surface area contributed by atoms with Crippen molar-refractivity contribution in [3.8, 4) is 22.8 Å². The van der Waals surface area contributed by atoms with Gasteiger partial charge in [0.25, 0.3) is 0 Å². The molecule has 0 unspecified atom stereocenters. The first kappa shape index (κ1) is 21.7. The van der Waals surface area contributed by atoms with Crippen LogP contribution in [0.4, 0.5) is 0 Å². The van der Waals surface area contributed by atoms with E-state index in [9.17, 15) is 0 Å². The summed E-state index contributed by atoms with van der Waals surface area (Å²) in [5, 5.41) is 2.50. The molecule has 0 aliphatic carbocycles. The van der Waals surface area contributed by atoms with Crippen LogP contribution in [-0.2, 0) is 12.8 Å². The van der Waals surface area contributed by atoms with Gasteiger partial charge < -0.3 is 0 Å². The summed E-state index contributed by atoms with van der Waals surface area (Å²) in [5.74, 6) is 0. The molecule has 0 saturated carbocycles. The van der Waals surface area contributed by atoms with Crippen molar-refractivity contribution in [2.45, 2.75) is 26.7 Å². The van der Waals surface area contributed by atoms with Crippen molar-refractivity contribution >= 4 is 22.9 Å². The third-order valence-electron chi connectivity index (χ3n) is 6.08. The largest absolute Gasteiger partial charge is 0.255 e. The maximum absolute atomic E-state index is 4.94. The number of fused-ring (bicyclic) bond motifs is 1. The smallest absolute Gasteiger partial charge is 0.0897 e. The lowest BCUT2D eigenvalue weighted by Gasteiger charge is -2.09. The molecule has 0 aliphatic rings. The van der Waals surface area contributed by atoms with Gasteiger partial charge in [-0.05, 0) is 88.3 Å². The molecule has 3 heterocycles. The average molecular weight is 442 g/mol. The SMILES string of the molecule is CCc1ccnc(-c2cc(CC)cc(-c3cc(/C=C/c4ccc5ccccc5c4)ccn3)n2)c1. The fraction of sp³-hybridized carbons (Fsp3) is 0.129. The van der Waals surface area contributed by atoms with E-state index in [0.717, 1.165) is 41.2 Å². The fourth-order valence-electron chi connectivity index (χ4n) is 4.08. The van der Waals surface area contributed by atoms with E-state index in [4.69, 9.17) is 4.98 Å². The van der Waals surface area contributed by atoms with Crippen molar-refractivity contribution in [1.29, 1.82) is 0 Å². The minimum Gasteiger partial charge on any atom is -0.255 e. The van der Waals surface area contributed by atoms with Gasteiger partial charge >= 0.3 is 0 Å². The number of benzene rings is 2. The zero-order valence-electron chi connectivity index (χ0n) is 19.6. The van der Waals surface area contributed by atoms with Crippen LogP contribution in [0.15, 0.2) is 91.3 Å². The minimum atomic E-state index is 0.865. The van der Waals surface area contributed by atoms with E-state index in [1.807, 2.05) is 18.5 Å². The van der Waals surface area contributed by atoms with Crippen molar-refractivity contribution in [1.82, 2.24) is 15.0 Å². The Labute approximate surface area is 200 Å². The second-order valence-electron chi connectivity index (χ2n) is 8.42. The fourth-order valence-corrected chi connectivity index (χ4v) is 4.08. The summed E-state index contributed by atoms with van der Waals surface area (Å²) in [6.07, 6.45) is 9.90. The molecule has 0 fully saturated rings. The second-order valence-corrected chi connectivity index (χ2v) is 8.42. The highest BCUT2D eigenvalue weighted by molar-refractivity contribution is 5.86. The lowest BCUT2D eigenvalue weighted by molar-refractivity contribution is 1.10. The average Bonchev–Trinajstić information content (AvgIpc) is 2.91. The highest BCUT2D eigenvalue weighted by Crippen LogP contribution is 2.25. The lowest BCUT2D eigenvalue weighted by atomic mass is 10.0. The molecule has 0 spiro atoms. The molecule has 0 atom stereocenters. The Morgan fingerprint density at radius 1 is 0.559 bits per heavy atom. The Balaban J connectivity index is 1.47. The van der Waals surface area contributed by atoms with E-state index in [1.165, 1.54) is 27.5 Å². The number of aromatic nitrogens is 3. The summed E-state index contributed by atoms with van der Waals surface area (Å²) < 4.78 is 0. The molecule has 5 rings (SSSR count). The van der Waals surface area contributed by atoms with Crippen LogP contribution in [0.25, 0.3) is 45.7 Å². The standard InChI is InChI=1S/C31H27N3/c1-3-22-13-15-32-28(18-22)30-19-23(4-2)20-31(34-30)29-21-25(14-16-33-29)10-9-24-11-12-26-7-5-6-8-27(26)17-24/h5-21H,3-4H2,1-2H3/b10-9+. The molecule has 3 nitrogen and oxygen atoms in total. The minimum absolute atomic E-state index is 0.865. The Hall–Kier alpha value is -4.11. The third kappa shape index (κ3) is 4.79. The normalized spacial score (nSPS) is 11.4. The van der Waals surface area contributed by atoms with E-state index in [1.54, 1.807) is 0 Å². The van der Waals surface area contributed by atoms with Crippen LogP contribution in [0.2, 0.25) is 0 Å². The predicted molar refractivity (Wildman–Crippen MR) is 142 cm³/mol. The van der Waals surface area contributed by atoms with Crippen molar-refractivity contribution < 1.29 is 0 Å². The molecule has 34 heavy (non-hydrogen) atoms. The van der Waals surface area contributed by atoms with Gasteiger partial charge in [0.1, 0.15) is 0 Å². The lowest BCUT2D eigenvalue weighted by Crippen LogP contribution is -1.96. The summed E-state index contributed by atoms with van der Waals surface area (Å²) in [6, 6.07) is 27.5.